The van der Waals surface area contributed by atoms with Crippen LogP contribution in [0.25, 0.3) is 10.8 Å². The predicted octanol–water partition coefficient (Wildman–Crippen LogP) is 3.55. The van der Waals surface area contributed by atoms with Gasteiger partial charge in [0.2, 0.25) is 0 Å². The molecule has 0 spiro atoms. The second-order valence-electron chi connectivity index (χ2n) is 8.14. The average Bonchev–Trinajstić information content (AvgIpc) is 2.80. The molecule has 4 rings (SSSR count). The Bertz CT molecular complexity index is 826. The van der Waals surface area contributed by atoms with Crippen LogP contribution in [0.4, 0.5) is 0 Å². The van der Waals surface area contributed by atoms with Crippen molar-refractivity contribution in [3.8, 4) is 0 Å². The van der Waals surface area contributed by atoms with Crippen LogP contribution in [0.1, 0.15) is 37.8 Å². The molecule has 1 aromatic heterocycles. The van der Waals surface area contributed by atoms with E-state index in [1.54, 1.807) is 0 Å². The minimum Gasteiger partial charge on any atom is -0.379 e. The number of aromatic nitrogens is 1. The maximum Gasteiger partial charge on any atom is 0.191 e. The Kier molecular flexibility index (Phi) is 8.71. The molecule has 2 N–H and O–H groups in total. The first-order chi connectivity index (χ1) is 14.3. The monoisotopic (exact) mass is 523 g/mol. The van der Waals surface area contributed by atoms with Gasteiger partial charge in [-0.3, -0.25) is 14.9 Å². The Labute approximate surface area is 196 Å². The van der Waals surface area contributed by atoms with Crippen molar-refractivity contribution in [2.45, 2.75) is 44.2 Å². The zero-order valence-electron chi connectivity index (χ0n) is 17.9. The molecule has 1 saturated carbocycles. The molecule has 2 aromatic rings. The molecule has 0 radical (unpaired) electrons. The topological polar surface area (TPSA) is 61.8 Å². The van der Waals surface area contributed by atoms with Gasteiger partial charge in [-0.15, -0.1) is 24.0 Å². The van der Waals surface area contributed by atoms with Gasteiger partial charge in [0.1, 0.15) is 0 Å². The number of ether oxygens (including phenoxy) is 1. The molecule has 1 aliphatic carbocycles. The summed E-state index contributed by atoms with van der Waals surface area (Å²) in [6, 6.07) is 10.4. The Balaban J connectivity index is 0.00000256. The quantitative estimate of drug-likeness (QED) is 0.357. The highest BCUT2D eigenvalue weighted by Gasteiger charge is 2.38. The number of morpholine rings is 1. The summed E-state index contributed by atoms with van der Waals surface area (Å²) in [4.78, 5) is 11.7. The van der Waals surface area contributed by atoms with Gasteiger partial charge in [0.25, 0.3) is 0 Å². The Hall–Kier alpha value is -1.45. The number of pyridine rings is 1. The van der Waals surface area contributed by atoms with Crippen LogP contribution < -0.4 is 10.6 Å². The minimum atomic E-state index is 0. The molecule has 7 heteroatoms. The minimum absolute atomic E-state index is 0. The second kappa shape index (κ2) is 11.2. The largest absolute Gasteiger partial charge is 0.379 e. The van der Waals surface area contributed by atoms with Crippen molar-refractivity contribution in [3.63, 3.8) is 0 Å². The normalized spacial score (nSPS) is 19.8. The number of fused-ring (bicyclic) bond motifs is 1. The summed E-state index contributed by atoms with van der Waals surface area (Å²) >= 11 is 0. The summed E-state index contributed by atoms with van der Waals surface area (Å²) in [5, 5.41) is 9.50. The summed E-state index contributed by atoms with van der Waals surface area (Å²) in [7, 11) is 1.84. The summed E-state index contributed by atoms with van der Waals surface area (Å²) in [5.41, 5.74) is 1.27. The third kappa shape index (κ3) is 5.42. The molecule has 30 heavy (non-hydrogen) atoms. The van der Waals surface area contributed by atoms with E-state index in [9.17, 15) is 0 Å². The fourth-order valence-corrected chi connectivity index (χ4v) is 4.81. The van der Waals surface area contributed by atoms with Crippen molar-refractivity contribution >= 4 is 40.7 Å². The standard InChI is InChI=1S/C23H33N5O.HI/c1-24-22(26-17-21-20-8-4-3-7-19(20)9-12-25-21)27-18-23(10-5-2-6-11-23)28-13-15-29-16-14-28;/h3-4,7-9,12H,2,5-6,10-11,13-18H2,1H3,(H2,24,26,27);1H. The van der Waals surface area contributed by atoms with Crippen LogP contribution in [0.2, 0.25) is 0 Å². The lowest BCUT2D eigenvalue weighted by Gasteiger charge is -2.48. The third-order valence-corrected chi connectivity index (χ3v) is 6.45. The smallest absolute Gasteiger partial charge is 0.191 e. The lowest BCUT2D eigenvalue weighted by atomic mass is 9.80. The highest BCUT2D eigenvalue weighted by atomic mass is 127. The van der Waals surface area contributed by atoms with Gasteiger partial charge in [0.05, 0.1) is 25.5 Å². The van der Waals surface area contributed by atoms with Crippen LogP contribution in [0.5, 0.6) is 0 Å². The third-order valence-electron chi connectivity index (χ3n) is 6.45. The summed E-state index contributed by atoms with van der Waals surface area (Å²) in [6.07, 6.45) is 8.36. The Morgan fingerprint density at radius 1 is 1.10 bits per heavy atom. The number of nitrogens with zero attached hydrogens (tertiary/aromatic N) is 3. The average molecular weight is 523 g/mol. The van der Waals surface area contributed by atoms with Crippen LogP contribution in [0.3, 0.4) is 0 Å². The molecule has 164 valence electrons. The van der Waals surface area contributed by atoms with E-state index in [-0.39, 0.29) is 29.5 Å². The molecule has 2 aliphatic rings. The highest BCUT2D eigenvalue weighted by molar-refractivity contribution is 14.0. The molecular weight excluding hydrogens is 489 g/mol. The first kappa shape index (κ1) is 23.2. The maximum absolute atomic E-state index is 5.60. The van der Waals surface area contributed by atoms with E-state index >= 15 is 0 Å². The number of guanidine groups is 1. The number of halogens is 1. The van der Waals surface area contributed by atoms with Crippen LogP contribution >= 0.6 is 24.0 Å². The van der Waals surface area contributed by atoms with E-state index in [0.29, 0.717) is 6.54 Å². The van der Waals surface area contributed by atoms with Gasteiger partial charge in [-0.25, -0.2) is 0 Å². The fraction of sp³-hybridized carbons (Fsp3) is 0.565. The lowest BCUT2D eigenvalue weighted by Crippen LogP contribution is -2.60. The molecule has 0 amide bonds. The van der Waals surface area contributed by atoms with Crippen molar-refractivity contribution in [3.05, 3.63) is 42.2 Å². The molecule has 2 heterocycles. The summed E-state index contributed by atoms with van der Waals surface area (Å²) in [5.74, 6) is 0.845. The maximum atomic E-state index is 5.60. The molecular formula is C23H34IN5O. The van der Waals surface area contributed by atoms with Crippen molar-refractivity contribution in [1.82, 2.24) is 20.5 Å². The molecule has 1 aliphatic heterocycles. The van der Waals surface area contributed by atoms with E-state index in [0.717, 1.165) is 44.5 Å². The number of hydrogen-bond acceptors (Lipinski definition) is 4. The number of hydrogen-bond donors (Lipinski definition) is 2. The van der Waals surface area contributed by atoms with Gasteiger partial charge >= 0.3 is 0 Å². The van der Waals surface area contributed by atoms with Crippen molar-refractivity contribution in [2.24, 2.45) is 4.99 Å². The summed E-state index contributed by atoms with van der Waals surface area (Å²) in [6.45, 7) is 5.35. The molecule has 0 unspecified atom stereocenters. The fourth-order valence-electron chi connectivity index (χ4n) is 4.81. The van der Waals surface area contributed by atoms with Gasteiger partial charge < -0.3 is 15.4 Å². The molecule has 1 aromatic carbocycles. The van der Waals surface area contributed by atoms with Gasteiger partial charge in [-0.05, 0) is 24.3 Å². The Morgan fingerprint density at radius 3 is 2.63 bits per heavy atom. The first-order valence-corrected chi connectivity index (χ1v) is 10.9. The summed E-state index contributed by atoms with van der Waals surface area (Å²) < 4.78 is 5.60. The Morgan fingerprint density at radius 2 is 1.87 bits per heavy atom. The van der Waals surface area contributed by atoms with E-state index in [1.165, 1.54) is 42.9 Å². The molecule has 2 fully saturated rings. The van der Waals surface area contributed by atoms with Gasteiger partial charge in [-0.1, -0.05) is 43.5 Å². The highest BCUT2D eigenvalue weighted by Crippen LogP contribution is 2.33. The SMILES string of the molecule is CN=C(NCc1nccc2ccccc12)NCC1(N2CCOCC2)CCCCC1.I. The molecule has 0 bridgehead atoms. The lowest BCUT2D eigenvalue weighted by molar-refractivity contribution is -0.0352. The van der Waals surface area contributed by atoms with Crippen LogP contribution in [0, 0.1) is 0 Å². The molecule has 1 saturated heterocycles. The van der Waals surface area contributed by atoms with Crippen molar-refractivity contribution in [2.75, 3.05) is 39.9 Å². The number of rotatable bonds is 5. The molecule has 0 atom stereocenters. The zero-order valence-corrected chi connectivity index (χ0v) is 20.2. The van der Waals surface area contributed by atoms with Crippen LogP contribution in [0.15, 0.2) is 41.5 Å². The number of aliphatic imine (C=N–C) groups is 1. The van der Waals surface area contributed by atoms with E-state index in [1.807, 2.05) is 13.2 Å². The van der Waals surface area contributed by atoms with E-state index in [4.69, 9.17) is 4.74 Å². The van der Waals surface area contributed by atoms with Gasteiger partial charge in [0.15, 0.2) is 5.96 Å². The van der Waals surface area contributed by atoms with Crippen molar-refractivity contribution < 1.29 is 4.74 Å². The van der Waals surface area contributed by atoms with Crippen LogP contribution in [-0.2, 0) is 11.3 Å². The predicted molar refractivity (Wildman–Crippen MR) is 134 cm³/mol. The van der Waals surface area contributed by atoms with Crippen molar-refractivity contribution in [1.29, 1.82) is 0 Å². The zero-order chi connectivity index (χ0) is 19.9. The van der Waals surface area contributed by atoms with E-state index in [2.05, 4.69) is 55.8 Å². The number of benzene rings is 1. The van der Waals surface area contributed by atoms with E-state index < -0.39 is 0 Å². The first-order valence-electron chi connectivity index (χ1n) is 10.9. The molecule has 6 nitrogen and oxygen atoms in total. The van der Waals surface area contributed by atoms with Crippen LogP contribution in [-0.4, -0.2) is 61.3 Å². The van der Waals surface area contributed by atoms with Gasteiger partial charge in [-0.2, -0.15) is 0 Å². The second-order valence-corrected chi connectivity index (χ2v) is 8.14. The van der Waals surface area contributed by atoms with Gasteiger partial charge in [0, 0.05) is 43.8 Å². The number of nitrogens with one attached hydrogen (secondary N) is 2.